The Kier molecular flexibility index (Phi) is 6.03. The highest BCUT2D eigenvalue weighted by atomic mass is 16.2. The lowest BCUT2D eigenvalue weighted by Crippen LogP contribution is -2.44. The van der Waals surface area contributed by atoms with Gasteiger partial charge in [-0.2, -0.15) is 0 Å². The summed E-state index contributed by atoms with van der Waals surface area (Å²) < 4.78 is 0. The van der Waals surface area contributed by atoms with Crippen LogP contribution < -0.4 is 10.6 Å². The molecule has 1 aliphatic heterocycles. The van der Waals surface area contributed by atoms with Crippen LogP contribution in [0.4, 0.5) is 5.95 Å². The van der Waals surface area contributed by atoms with Gasteiger partial charge in [0, 0.05) is 57.7 Å². The average Bonchev–Trinajstić information content (AvgIpc) is 2.73. The minimum absolute atomic E-state index is 0.0204. The van der Waals surface area contributed by atoms with Crippen LogP contribution >= 0.6 is 0 Å². The summed E-state index contributed by atoms with van der Waals surface area (Å²) in [4.78, 5) is 26.8. The van der Waals surface area contributed by atoms with Crippen LogP contribution in [-0.2, 0) is 11.3 Å². The third-order valence-corrected chi connectivity index (χ3v) is 4.77. The van der Waals surface area contributed by atoms with Gasteiger partial charge in [-0.15, -0.1) is 0 Å². The fraction of sp³-hybridized carbons (Fsp3) is 0.350. The molecule has 7 heteroatoms. The lowest BCUT2D eigenvalue weighted by Gasteiger charge is -2.33. The molecular weight excluding hydrogens is 340 g/mol. The number of likely N-dealkylation sites (N-methyl/N-ethyl adjacent to an activating group) is 1. The topological polar surface area (TPSA) is 78.6 Å². The van der Waals surface area contributed by atoms with Gasteiger partial charge in [-0.1, -0.05) is 24.8 Å². The predicted octanol–water partition coefficient (Wildman–Crippen LogP) is 1.33. The van der Waals surface area contributed by atoms with Crippen LogP contribution in [-0.4, -0.2) is 65.4 Å². The zero-order chi connectivity index (χ0) is 19.2. The van der Waals surface area contributed by atoms with Crippen molar-refractivity contribution in [3.05, 3.63) is 55.0 Å². The highest BCUT2D eigenvalue weighted by Gasteiger charge is 2.16. The molecule has 1 saturated heterocycles. The SMILES string of the molecule is C=CN1CCN(c2ncc(-c3cccc(CN(C)C(=O)CN)c3)cn2)CC1. The normalized spacial score (nSPS) is 14.1. The van der Waals surface area contributed by atoms with Gasteiger partial charge in [0.25, 0.3) is 0 Å². The van der Waals surface area contributed by atoms with Crippen molar-refractivity contribution in [2.24, 2.45) is 5.73 Å². The average molecular weight is 366 g/mol. The molecule has 1 aromatic heterocycles. The second kappa shape index (κ2) is 8.64. The highest BCUT2D eigenvalue weighted by molar-refractivity contribution is 5.77. The van der Waals surface area contributed by atoms with Crippen molar-refractivity contribution >= 4 is 11.9 Å². The summed E-state index contributed by atoms with van der Waals surface area (Å²) in [7, 11) is 1.76. The Morgan fingerprint density at radius 3 is 2.56 bits per heavy atom. The van der Waals surface area contributed by atoms with Crippen LogP contribution in [0, 0.1) is 0 Å². The van der Waals surface area contributed by atoms with E-state index in [1.165, 1.54) is 0 Å². The Balaban J connectivity index is 1.69. The van der Waals surface area contributed by atoms with Crippen molar-refractivity contribution in [2.45, 2.75) is 6.54 Å². The summed E-state index contributed by atoms with van der Waals surface area (Å²) in [6.45, 7) is 8.01. The molecule has 0 atom stereocenters. The number of rotatable bonds is 6. The number of hydrogen-bond acceptors (Lipinski definition) is 6. The van der Waals surface area contributed by atoms with Crippen LogP contribution in [0.1, 0.15) is 5.56 Å². The summed E-state index contributed by atoms with van der Waals surface area (Å²) >= 11 is 0. The molecule has 0 saturated carbocycles. The van der Waals surface area contributed by atoms with Crippen LogP contribution in [0.15, 0.2) is 49.4 Å². The standard InChI is InChI=1S/C20H26N6O/c1-3-25-7-9-26(10-8-25)20-22-13-18(14-23-20)17-6-4-5-16(11-17)15-24(2)19(27)12-21/h3-6,11,13-14H,1,7-10,12,15,21H2,2H3. The molecule has 1 aliphatic rings. The van der Waals surface area contributed by atoms with E-state index in [1.54, 1.807) is 11.9 Å². The van der Waals surface area contributed by atoms with Crippen molar-refractivity contribution < 1.29 is 4.79 Å². The first-order valence-corrected chi connectivity index (χ1v) is 9.07. The van der Waals surface area contributed by atoms with E-state index in [9.17, 15) is 4.79 Å². The molecule has 3 rings (SSSR count). The van der Waals surface area contributed by atoms with Crippen LogP contribution in [0.25, 0.3) is 11.1 Å². The Labute approximate surface area is 160 Å². The largest absolute Gasteiger partial charge is 0.374 e. The Morgan fingerprint density at radius 2 is 1.93 bits per heavy atom. The summed E-state index contributed by atoms with van der Waals surface area (Å²) in [6, 6.07) is 8.06. The number of carbonyl (C=O) groups is 1. The van der Waals surface area contributed by atoms with Gasteiger partial charge in [-0.05, 0) is 23.4 Å². The monoisotopic (exact) mass is 366 g/mol. The van der Waals surface area contributed by atoms with Crippen LogP contribution in [0.3, 0.4) is 0 Å². The molecule has 7 nitrogen and oxygen atoms in total. The fourth-order valence-corrected chi connectivity index (χ4v) is 3.11. The van der Waals surface area contributed by atoms with Gasteiger partial charge in [0.15, 0.2) is 0 Å². The lowest BCUT2D eigenvalue weighted by atomic mass is 10.1. The number of amides is 1. The van der Waals surface area contributed by atoms with Gasteiger partial charge in [0.2, 0.25) is 11.9 Å². The number of aromatic nitrogens is 2. The van der Waals surface area contributed by atoms with Crippen molar-refractivity contribution in [1.29, 1.82) is 0 Å². The predicted molar refractivity (Wildman–Crippen MR) is 107 cm³/mol. The quantitative estimate of drug-likeness (QED) is 0.831. The van der Waals surface area contributed by atoms with E-state index < -0.39 is 0 Å². The van der Waals surface area contributed by atoms with E-state index in [4.69, 9.17) is 5.73 Å². The summed E-state index contributed by atoms with van der Waals surface area (Å²) in [6.07, 6.45) is 5.60. The fourth-order valence-electron chi connectivity index (χ4n) is 3.11. The molecule has 0 radical (unpaired) electrons. The first-order chi connectivity index (χ1) is 13.1. The van der Waals surface area contributed by atoms with E-state index in [0.717, 1.165) is 48.8 Å². The molecule has 2 N–H and O–H groups in total. The Bertz CT molecular complexity index is 783. The van der Waals surface area contributed by atoms with Gasteiger partial charge >= 0.3 is 0 Å². The molecule has 1 amide bonds. The summed E-state index contributed by atoms with van der Waals surface area (Å²) in [5.74, 6) is 0.677. The third-order valence-electron chi connectivity index (χ3n) is 4.77. The molecule has 0 aliphatic carbocycles. The Morgan fingerprint density at radius 1 is 1.22 bits per heavy atom. The Hall–Kier alpha value is -2.93. The minimum Gasteiger partial charge on any atom is -0.374 e. The maximum absolute atomic E-state index is 11.7. The second-order valence-corrected chi connectivity index (χ2v) is 6.63. The molecular formula is C20H26N6O. The number of anilines is 1. The zero-order valence-corrected chi connectivity index (χ0v) is 15.7. The minimum atomic E-state index is -0.0790. The number of hydrogen-bond donors (Lipinski definition) is 1. The lowest BCUT2D eigenvalue weighted by molar-refractivity contribution is -0.128. The molecule has 2 aromatic rings. The molecule has 142 valence electrons. The first kappa shape index (κ1) is 18.8. The van der Waals surface area contributed by atoms with Crippen molar-refractivity contribution in [3.8, 4) is 11.1 Å². The van der Waals surface area contributed by atoms with Gasteiger partial charge in [0.05, 0.1) is 6.54 Å². The first-order valence-electron chi connectivity index (χ1n) is 9.07. The maximum atomic E-state index is 11.7. The van der Waals surface area contributed by atoms with E-state index in [-0.39, 0.29) is 12.5 Å². The van der Waals surface area contributed by atoms with Gasteiger partial charge in [0.1, 0.15) is 0 Å². The smallest absolute Gasteiger partial charge is 0.236 e. The van der Waals surface area contributed by atoms with Gasteiger partial charge in [-0.25, -0.2) is 9.97 Å². The number of piperazine rings is 1. The molecule has 0 unspecified atom stereocenters. The number of nitrogens with two attached hydrogens (primary N) is 1. The second-order valence-electron chi connectivity index (χ2n) is 6.63. The highest BCUT2D eigenvalue weighted by Crippen LogP contribution is 2.21. The number of nitrogens with zero attached hydrogens (tertiary/aromatic N) is 5. The molecule has 1 aromatic carbocycles. The van der Waals surface area contributed by atoms with Gasteiger partial charge in [-0.3, -0.25) is 4.79 Å². The molecule has 2 heterocycles. The molecule has 1 fully saturated rings. The molecule has 0 bridgehead atoms. The summed E-state index contributed by atoms with van der Waals surface area (Å²) in [5, 5.41) is 0. The van der Waals surface area contributed by atoms with E-state index in [1.807, 2.05) is 36.8 Å². The van der Waals surface area contributed by atoms with Crippen molar-refractivity contribution in [1.82, 2.24) is 19.8 Å². The number of benzene rings is 1. The zero-order valence-electron chi connectivity index (χ0n) is 15.7. The third kappa shape index (κ3) is 4.62. The van der Waals surface area contributed by atoms with Crippen LogP contribution in [0.2, 0.25) is 0 Å². The number of carbonyl (C=O) groups excluding carboxylic acids is 1. The van der Waals surface area contributed by atoms with Crippen molar-refractivity contribution in [3.63, 3.8) is 0 Å². The van der Waals surface area contributed by atoms with Crippen LogP contribution in [0.5, 0.6) is 0 Å². The summed E-state index contributed by atoms with van der Waals surface area (Å²) in [5.41, 5.74) is 8.45. The van der Waals surface area contributed by atoms with Gasteiger partial charge < -0.3 is 20.4 Å². The van der Waals surface area contributed by atoms with E-state index in [0.29, 0.717) is 6.54 Å². The molecule has 0 spiro atoms. The van der Waals surface area contributed by atoms with E-state index >= 15 is 0 Å². The van der Waals surface area contributed by atoms with E-state index in [2.05, 4.69) is 32.4 Å². The maximum Gasteiger partial charge on any atom is 0.236 e. The van der Waals surface area contributed by atoms with Crippen molar-refractivity contribution in [2.75, 3.05) is 44.7 Å². The molecule has 27 heavy (non-hydrogen) atoms.